The number of hydrogen-bond donors (Lipinski definition) is 1. The van der Waals surface area contributed by atoms with Gasteiger partial charge in [0.2, 0.25) is 0 Å². The van der Waals surface area contributed by atoms with Gasteiger partial charge in [0.1, 0.15) is 0 Å². The molecular formula is C16H32N2. The first-order valence-electron chi connectivity index (χ1n) is 8.20. The molecule has 0 radical (unpaired) electrons. The van der Waals surface area contributed by atoms with E-state index in [2.05, 4.69) is 18.7 Å². The van der Waals surface area contributed by atoms with Crippen molar-refractivity contribution in [2.45, 2.75) is 89.8 Å². The third kappa shape index (κ3) is 4.24. The Labute approximate surface area is 113 Å². The van der Waals surface area contributed by atoms with Crippen molar-refractivity contribution in [3.63, 3.8) is 0 Å². The van der Waals surface area contributed by atoms with Gasteiger partial charge in [-0.15, -0.1) is 0 Å². The Balaban J connectivity index is 1.93. The van der Waals surface area contributed by atoms with Crippen LogP contribution in [0.15, 0.2) is 0 Å². The van der Waals surface area contributed by atoms with Gasteiger partial charge in [0.25, 0.3) is 0 Å². The van der Waals surface area contributed by atoms with Gasteiger partial charge >= 0.3 is 0 Å². The molecule has 2 heteroatoms. The van der Waals surface area contributed by atoms with E-state index in [1.54, 1.807) is 0 Å². The lowest BCUT2D eigenvalue weighted by molar-refractivity contribution is 0.132. The highest BCUT2D eigenvalue weighted by molar-refractivity contribution is 4.93. The van der Waals surface area contributed by atoms with Crippen molar-refractivity contribution in [2.24, 2.45) is 11.7 Å². The van der Waals surface area contributed by atoms with Crippen LogP contribution in [-0.4, -0.2) is 29.6 Å². The Bertz CT molecular complexity index is 235. The number of nitrogens with two attached hydrogens (primary N) is 1. The standard InChI is InChI=1S/C16H32N2/c1-13(2)11-12-18(14-9-10-14)16-8-6-4-3-5-7-15(16)17/h13-16H,3-12,17H2,1-2H3. The summed E-state index contributed by atoms with van der Waals surface area (Å²) in [6, 6.07) is 1.98. The summed E-state index contributed by atoms with van der Waals surface area (Å²) in [6.07, 6.45) is 12.3. The summed E-state index contributed by atoms with van der Waals surface area (Å²) in [5, 5.41) is 0. The lowest BCUT2D eigenvalue weighted by Gasteiger charge is -2.37. The van der Waals surface area contributed by atoms with Crippen LogP contribution in [0.1, 0.15) is 71.6 Å². The Morgan fingerprint density at radius 2 is 1.67 bits per heavy atom. The Morgan fingerprint density at radius 3 is 2.28 bits per heavy atom. The largest absolute Gasteiger partial charge is 0.326 e. The number of hydrogen-bond acceptors (Lipinski definition) is 2. The Kier molecular flexibility index (Phi) is 5.50. The van der Waals surface area contributed by atoms with Crippen LogP contribution in [0.5, 0.6) is 0 Å². The van der Waals surface area contributed by atoms with Crippen LogP contribution < -0.4 is 5.73 Å². The zero-order chi connectivity index (χ0) is 13.0. The normalized spacial score (nSPS) is 30.5. The first-order chi connectivity index (χ1) is 8.68. The molecule has 2 nitrogen and oxygen atoms in total. The minimum absolute atomic E-state index is 0.429. The Morgan fingerprint density at radius 1 is 1.00 bits per heavy atom. The van der Waals surface area contributed by atoms with Gasteiger partial charge in [-0.1, -0.05) is 39.5 Å². The molecule has 2 unspecified atom stereocenters. The van der Waals surface area contributed by atoms with Crippen LogP contribution in [0.3, 0.4) is 0 Å². The predicted molar refractivity (Wildman–Crippen MR) is 78.6 cm³/mol. The van der Waals surface area contributed by atoms with E-state index in [1.165, 1.54) is 64.3 Å². The van der Waals surface area contributed by atoms with E-state index in [1.807, 2.05) is 0 Å². The first-order valence-corrected chi connectivity index (χ1v) is 8.20. The molecule has 0 aliphatic heterocycles. The molecule has 2 atom stereocenters. The van der Waals surface area contributed by atoms with E-state index in [4.69, 9.17) is 5.73 Å². The molecule has 0 amide bonds. The van der Waals surface area contributed by atoms with Crippen molar-refractivity contribution < 1.29 is 0 Å². The summed E-state index contributed by atoms with van der Waals surface area (Å²) < 4.78 is 0. The lowest BCUT2D eigenvalue weighted by Crippen LogP contribution is -2.49. The van der Waals surface area contributed by atoms with Crippen LogP contribution in [0.4, 0.5) is 0 Å². The average Bonchev–Trinajstić information content (AvgIpc) is 3.11. The smallest absolute Gasteiger partial charge is 0.0250 e. The minimum atomic E-state index is 0.429. The van der Waals surface area contributed by atoms with E-state index in [9.17, 15) is 0 Å². The van der Waals surface area contributed by atoms with Gasteiger partial charge < -0.3 is 5.73 Å². The molecule has 2 rings (SSSR count). The Hall–Kier alpha value is -0.0800. The zero-order valence-electron chi connectivity index (χ0n) is 12.4. The maximum atomic E-state index is 6.48. The van der Waals surface area contributed by atoms with Crippen molar-refractivity contribution in [3.05, 3.63) is 0 Å². The second-order valence-corrected chi connectivity index (χ2v) is 6.87. The molecule has 0 aromatic carbocycles. The molecule has 2 aliphatic carbocycles. The van der Waals surface area contributed by atoms with Crippen molar-refractivity contribution in [2.75, 3.05) is 6.54 Å². The summed E-state index contributed by atoms with van der Waals surface area (Å²) >= 11 is 0. The zero-order valence-corrected chi connectivity index (χ0v) is 12.4. The van der Waals surface area contributed by atoms with E-state index in [0.29, 0.717) is 12.1 Å². The van der Waals surface area contributed by atoms with Crippen molar-refractivity contribution in [1.82, 2.24) is 4.90 Å². The van der Waals surface area contributed by atoms with Gasteiger partial charge in [-0.25, -0.2) is 0 Å². The third-order valence-corrected chi connectivity index (χ3v) is 4.69. The van der Waals surface area contributed by atoms with E-state index >= 15 is 0 Å². The molecule has 2 fully saturated rings. The molecule has 0 aromatic heterocycles. The summed E-state index contributed by atoms with van der Waals surface area (Å²) in [4.78, 5) is 2.79. The highest BCUT2D eigenvalue weighted by atomic mass is 15.2. The second-order valence-electron chi connectivity index (χ2n) is 6.87. The van der Waals surface area contributed by atoms with Gasteiger partial charge in [-0.3, -0.25) is 4.90 Å². The van der Waals surface area contributed by atoms with E-state index in [-0.39, 0.29) is 0 Å². The molecule has 0 bridgehead atoms. The lowest BCUT2D eigenvalue weighted by atomic mass is 9.91. The fourth-order valence-electron chi connectivity index (χ4n) is 3.34. The van der Waals surface area contributed by atoms with Gasteiger partial charge in [-0.2, -0.15) is 0 Å². The van der Waals surface area contributed by atoms with Gasteiger partial charge in [-0.05, 0) is 44.6 Å². The molecule has 106 valence electrons. The molecule has 2 aliphatic rings. The van der Waals surface area contributed by atoms with Crippen LogP contribution >= 0.6 is 0 Å². The van der Waals surface area contributed by atoms with Crippen LogP contribution in [-0.2, 0) is 0 Å². The van der Waals surface area contributed by atoms with Crippen LogP contribution in [0.2, 0.25) is 0 Å². The van der Waals surface area contributed by atoms with Crippen molar-refractivity contribution in [3.8, 4) is 0 Å². The molecule has 0 saturated heterocycles. The third-order valence-electron chi connectivity index (χ3n) is 4.69. The maximum absolute atomic E-state index is 6.48. The average molecular weight is 252 g/mol. The second kappa shape index (κ2) is 6.91. The van der Waals surface area contributed by atoms with Gasteiger partial charge in [0, 0.05) is 18.1 Å². The topological polar surface area (TPSA) is 29.3 Å². The van der Waals surface area contributed by atoms with Gasteiger partial charge in [0.15, 0.2) is 0 Å². The summed E-state index contributed by atoms with van der Waals surface area (Å²) in [6.45, 7) is 5.95. The highest BCUT2D eigenvalue weighted by Gasteiger charge is 2.36. The van der Waals surface area contributed by atoms with E-state index in [0.717, 1.165) is 12.0 Å². The molecule has 0 aromatic rings. The number of nitrogens with zero attached hydrogens (tertiary/aromatic N) is 1. The first kappa shape index (κ1) is 14.3. The van der Waals surface area contributed by atoms with Crippen LogP contribution in [0.25, 0.3) is 0 Å². The summed E-state index contributed by atoms with van der Waals surface area (Å²) in [7, 11) is 0. The predicted octanol–water partition coefficient (Wildman–Crippen LogP) is 3.55. The molecule has 0 heterocycles. The highest BCUT2D eigenvalue weighted by Crippen LogP contribution is 2.33. The maximum Gasteiger partial charge on any atom is 0.0250 e. The number of rotatable bonds is 5. The molecule has 0 spiro atoms. The van der Waals surface area contributed by atoms with E-state index < -0.39 is 0 Å². The summed E-state index contributed by atoms with van der Waals surface area (Å²) in [5.41, 5.74) is 6.48. The molecule has 2 N–H and O–H groups in total. The van der Waals surface area contributed by atoms with Crippen molar-refractivity contribution >= 4 is 0 Å². The van der Waals surface area contributed by atoms with Gasteiger partial charge in [0.05, 0.1) is 0 Å². The monoisotopic (exact) mass is 252 g/mol. The summed E-state index contributed by atoms with van der Waals surface area (Å²) in [5.74, 6) is 0.816. The molecular weight excluding hydrogens is 220 g/mol. The quantitative estimate of drug-likeness (QED) is 0.811. The molecule has 2 saturated carbocycles. The fraction of sp³-hybridized carbons (Fsp3) is 1.00. The van der Waals surface area contributed by atoms with Crippen LogP contribution in [0, 0.1) is 5.92 Å². The van der Waals surface area contributed by atoms with Crippen molar-refractivity contribution in [1.29, 1.82) is 0 Å². The minimum Gasteiger partial charge on any atom is -0.326 e. The molecule has 18 heavy (non-hydrogen) atoms. The SMILES string of the molecule is CC(C)CCN(C1CC1)C1CCCCCCC1N. The fourth-order valence-corrected chi connectivity index (χ4v) is 3.34.